The molecule has 0 aromatic rings. The van der Waals surface area contributed by atoms with Crippen LogP contribution in [0.15, 0.2) is 12.4 Å². The third kappa shape index (κ3) is 4.96. The second-order valence-electron chi connectivity index (χ2n) is 3.11. The van der Waals surface area contributed by atoms with E-state index in [1.54, 1.807) is 0 Å². The molecule has 1 unspecified atom stereocenters. The van der Waals surface area contributed by atoms with Gasteiger partial charge in [-0.2, -0.15) is 0 Å². The van der Waals surface area contributed by atoms with Crippen molar-refractivity contribution in [2.75, 3.05) is 0 Å². The molecule has 0 aromatic heterocycles. The number of hydrogen-bond acceptors (Lipinski definition) is 1. The molecule has 1 N–H and O–H groups in total. The summed E-state index contributed by atoms with van der Waals surface area (Å²) in [5.74, 6) is 1.93. The average Bonchev–Trinajstić information content (AvgIpc) is 1.84. The van der Waals surface area contributed by atoms with Crippen LogP contribution in [0.4, 0.5) is 0 Å². The first-order chi connectivity index (χ1) is 4.62. The van der Waals surface area contributed by atoms with Crippen molar-refractivity contribution in [3.05, 3.63) is 12.4 Å². The molecule has 0 saturated heterocycles. The van der Waals surface area contributed by atoms with Gasteiger partial charge in [0.1, 0.15) is 0 Å². The van der Waals surface area contributed by atoms with Gasteiger partial charge in [0.2, 0.25) is 0 Å². The summed E-state index contributed by atoms with van der Waals surface area (Å²) in [5, 5.41) is 3.42. The van der Waals surface area contributed by atoms with E-state index in [2.05, 4.69) is 32.4 Å². The molecule has 0 saturated carbocycles. The molecule has 1 atom stereocenters. The summed E-state index contributed by atoms with van der Waals surface area (Å²) in [7, 11) is 0.690. The van der Waals surface area contributed by atoms with Crippen LogP contribution >= 0.6 is 8.73 Å². The summed E-state index contributed by atoms with van der Waals surface area (Å²) in [6, 6.07) is 0. The molecule has 2 heteroatoms. The number of hydrogen-bond donors (Lipinski definition) is 1. The Bertz CT molecular complexity index is 99.4. The predicted octanol–water partition coefficient (Wildman–Crippen LogP) is 2.89. The van der Waals surface area contributed by atoms with E-state index in [0.717, 1.165) is 0 Å². The minimum atomic E-state index is 0.293. The molecule has 1 nitrogen and oxygen atoms in total. The quantitative estimate of drug-likeness (QED) is 0.608. The molecule has 0 spiro atoms. The molecule has 10 heavy (non-hydrogen) atoms. The normalized spacial score (nSPS) is 12.7. The fourth-order valence-corrected chi connectivity index (χ4v) is 1.55. The summed E-state index contributed by atoms with van der Waals surface area (Å²) in [6.07, 6.45) is 2.47. The number of nitrogens with one attached hydrogen (secondary N) is 1. The Hall–Kier alpha value is 0.130. The van der Waals surface area contributed by atoms with E-state index in [1.807, 2.05) is 5.82 Å². The minimum absolute atomic E-state index is 0.293. The molecule has 0 bridgehead atoms. The summed E-state index contributed by atoms with van der Waals surface area (Å²) >= 11 is 0. The third-order valence-corrected chi connectivity index (χ3v) is 2.41. The zero-order valence-corrected chi connectivity index (χ0v) is 8.20. The fourth-order valence-electron chi connectivity index (χ4n) is 0.934. The van der Waals surface area contributed by atoms with Gasteiger partial charge >= 0.3 is 0 Å². The largest absolute Gasteiger partial charge is 0.290 e. The molecule has 0 radical (unpaired) electrons. The fraction of sp³-hybridized carbons (Fsp3) is 0.750. The van der Waals surface area contributed by atoms with Crippen LogP contribution in [-0.2, 0) is 0 Å². The van der Waals surface area contributed by atoms with Gasteiger partial charge in [-0.25, -0.2) is 0 Å². The Morgan fingerprint density at radius 1 is 1.60 bits per heavy atom. The Kier molecular flexibility index (Phi) is 4.93. The molecule has 0 aliphatic rings. The van der Waals surface area contributed by atoms with Crippen molar-refractivity contribution in [3.63, 3.8) is 0 Å². The Labute approximate surface area is 66.1 Å². The monoisotopic (exact) mass is 159 g/mol. The van der Waals surface area contributed by atoms with Gasteiger partial charge < -0.3 is 0 Å². The summed E-state index contributed by atoms with van der Waals surface area (Å²) < 4.78 is 0. The highest BCUT2D eigenvalue weighted by molar-refractivity contribution is 7.39. The van der Waals surface area contributed by atoms with Crippen LogP contribution < -0.4 is 5.09 Å². The lowest BCUT2D eigenvalue weighted by Gasteiger charge is -2.24. The second kappa shape index (κ2) is 4.87. The van der Waals surface area contributed by atoms with Crippen molar-refractivity contribution >= 4 is 8.73 Å². The zero-order chi connectivity index (χ0) is 8.04. The van der Waals surface area contributed by atoms with E-state index < -0.39 is 0 Å². The standard InChI is InChI=1S/C8H18NP/c1-5-7-8(3,4)9-10-6-2/h6,9-10H,2,5,7H2,1,3-4H3. The predicted molar refractivity (Wildman–Crippen MR) is 50.6 cm³/mol. The van der Waals surface area contributed by atoms with Gasteiger partial charge in [0.05, 0.1) is 0 Å². The van der Waals surface area contributed by atoms with Gasteiger partial charge in [0.15, 0.2) is 0 Å². The SMILES string of the molecule is C=CPNC(C)(C)CCC. The lowest BCUT2D eigenvalue weighted by Crippen LogP contribution is -2.32. The van der Waals surface area contributed by atoms with E-state index in [1.165, 1.54) is 12.8 Å². The maximum absolute atomic E-state index is 3.67. The molecule has 0 fully saturated rings. The van der Waals surface area contributed by atoms with Crippen molar-refractivity contribution in [2.45, 2.75) is 39.2 Å². The van der Waals surface area contributed by atoms with Crippen molar-refractivity contribution in [1.82, 2.24) is 5.09 Å². The molecule has 0 aromatic carbocycles. The van der Waals surface area contributed by atoms with Crippen LogP contribution in [0.25, 0.3) is 0 Å². The number of rotatable bonds is 5. The maximum atomic E-state index is 3.67. The highest BCUT2D eigenvalue weighted by Gasteiger charge is 2.13. The van der Waals surface area contributed by atoms with Crippen LogP contribution in [0.2, 0.25) is 0 Å². The van der Waals surface area contributed by atoms with Crippen molar-refractivity contribution < 1.29 is 0 Å². The zero-order valence-electron chi connectivity index (χ0n) is 7.20. The molecule has 0 aliphatic heterocycles. The van der Waals surface area contributed by atoms with Gasteiger partial charge in [-0.05, 0) is 29.0 Å². The molecular formula is C8H18NP. The van der Waals surface area contributed by atoms with Gasteiger partial charge in [-0.15, -0.1) is 0 Å². The van der Waals surface area contributed by atoms with Crippen molar-refractivity contribution in [1.29, 1.82) is 0 Å². The van der Waals surface area contributed by atoms with E-state index >= 15 is 0 Å². The second-order valence-corrected chi connectivity index (χ2v) is 4.05. The van der Waals surface area contributed by atoms with Crippen molar-refractivity contribution in [3.8, 4) is 0 Å². The van der Waals surface area contributed by atoms with E-state index in [4.69, 9.17) is 0 Å². The average molecular weight is 159 g/mol. The smallest absolute Gasteiger partial charge is 0.0161 e. The van der Waals surface area contributed by atoms with Gasteiger partial charge in [-0.3, -0.25) is 5.09 Å². The van der Waals surface area contributed by atoms with Crippen LogP contribution in [0.1, 0.15) is 33.6 Å². The summed E-state index contributed by atoms with van der Waals surface area (Å²) in [5.41, 5.74) is 0.293. The Morgan fingerprint density at radius 3 is 2.60 bits per heavy atom. The Morgan fingerprint density at radius 2 is 2.20 bits per heavy atom. The van der Waals surface area contributed by atoms with Gasteiger partial charge in [-0.1, -0.05) is 25.7 Å². The lowest BCUT2D eigenvalue weighted by atomic mass is 10.0. The highest BCUT2D eigenvalue weighted by Crippen LogP contribution is 2.17. The molecule has 60 valence electrons. The minimum Gasteiger partial charge on any atom is -0.290 e. The van der Waals surface area contributed by atoms with E-state index in [0.29, 0.717) is 14.3 Å². The summed E-state index contributed by atoms with van der Waals surface area (Å²) in [4.78, 5) is 0. The summed E-state index contributed by atoms with van der Waals surface area (Å²) in [6.45, 7) is 10.3. The molecular weight excluding hydrogens is 141 g/mol. The molecule has 0 rings (SSSR count). The van der Waals surface area contributed by atoms with E-state index in [-0.39, 0.29) is 0 Å². The van der Waals surface area contributed by atoms with E-state index in [9.17, 15) is 0 Å². The lowest BCUT2D eigenvalue weighted by molar-refractivity contribution is 0.436. The maximum Gasteiger partial charge on any atom is 0.0161 e. The van der Waals surface area contributed by atoms with Crippen molar-refractivity contribution in [2.24, 2.45) is 0 Å². The first-order valence-electron chi connectivity index (χ1n) is 3.76. The molecule has 0 heterocycles. The van der Waals surface area contributed by atoms with Crippen LogP contribution in [0.3, 0.4) is 0 Å². The highest BCUT2D eigenvalue weighted by atomic mass is 31.1. The van der Waals surface area contributed by atoms with Gasteiger partial charge in [0, 0.05) is 5.54 Å². The first kappa shape index (κ1) is 10.1. The van der Waals surface area contributed by atoms with Crippen LogP contribution in [0, 0.1) is 0 Å². The molecule has 0 aliphatic carbocycles. The van der Waals surface area contributed by atoms with Crippen LogP contribution in [-0.4, -0.2) is 5.54 Å². The molecule has 0 amide bonds. The first-order valence-corrected chi connectivity index (χ1v) is 4.83. The topological polar surface area (TPSA) is 12.0 Å². The van der Waals surface area contributed by atoms with Gasteiger partial charge in [0.25, 0.3) is 0 Å². The van der Waals surface area contributed by atoms with Crippen LogP contribution in [0.5, 0.6) is 0 Å². The third-order valence-electron chi connectivity index (χ3n) is 1.39. The Balaban J connectivity index is 3.51.